The van der Waals surface area contributed by atoms with Crippen molar-refractivity contribution in [2.75, 3.05) is 0 Å². The molecule has 2 aromatic rings. The van der Waals surface area contributed by atoms with E-state index in [4.69, 9.17) is 0 Å². The van der Waals surface area contributed by atoms with Gasteiger partial charge in [-0.25, -0.2) is 0 Å². The zero-order valence-corrected chi connectivity index (χ0v) is 23.8. The van der Waals surface area contributed by atoms with Crippen LogP contribution in [0.15, 0.2) is 30.3 Å². The van der Waals surface area contributed by atoms with Crippen molar-refractivity contribution in [3.8, 4) is 0 Å². The summed E-state index contributed by atoms with van der Waals surface area (Å²) in [6.45, 7) is 6.73. The Morgan fingerprint density at radius 3 is 1.70 bits per heavy atom. The summed E-state index contributed by atoms with van der Waals surface area (Å²) in [6.07, 6.45) is 20.1. The first-order chi connectivity index (χ1) is 18.0. The number of carboxylic acid groups (broad SMARTS) is 1. The Kier molecular flexibility index (Phi) is 15.0. The Balaban J connectivity index is 1.70. The van der Waals surface area contributed by atoms with Gasteiger partial charge in [-0.3, -0.25) is 9.59 Å². The number of nitrogens with zero attached hydrogens (tertiary/aromatic N) is 1. The highest BCUT2D eigenvalue weighted by molar-refractivity contribution is 5.99. The lowest BCUT2D eigenvalue weighted by atomic mass is 9.99. The SMILES string of the molecule is CCCCCCCCCCCCCCCCCC(=O)c1c(C)c(CC(=O)O)n(Cc2ccccc2)c1C. The van der Waals surface area contributed by atoms with Crippen LogP contribution in [-0.2, 0) is 17.8 Å². The fourth-order valence-corrected chi connectivity index (χ4v) is 5.50. The smallest absolute Gasteiger partial charge is 0.309 e. The molecule has 0 aliphatic carbocycles. The van der Waals surface area contributed by atoms with Crippen LogP contribution in [0.3, 0.4) is 0 Å². The van der Waals surface area contributed by atoms with E-state index >= 15 is 0 Å². The van der Waals surface area contributed by atoms with Crippen LogP contribution in [-0.4, -0.2) is 21.4 Å². The molecule has 1 aromatic heterocycles. The number of aromatic nitrogens is 1. The van der Waals surface area contributed by atoms with E-state index in [1.807, 2.05) is 48.7 Å². The van der Waals surface area contributed by atoms with E-state index in [1.165, 1.54) is 83.5 Å². The Hall–Kier alpha value is -2.36. The van der Waals surface area contributed by atoms with Crippen molar-refractivity contribution >= 4 is 11.8 Å². The van der Waals surface area contributed by atoms with Gasteiger partial charge in [0.15, 0.2) is 5.78 Å². The maximum absolute atomic E-state index is 13.2. The van der Waals surface area contributed by atoms with Crippen molar-refractivity contribution in [3.05, 3.63) is 58.4 Å². The van der Waals surface area contributed by atoms with Crippen LogP contribution in [0.5, 0.6) is 0 Å². The summed E-state index contributed by atoms with van der Waals surface area (Å²) < 4.78 is 2.03. The van der Waals surface area contributed by atoms with E-state index in [-0.39, 0.29) is 12.2 Å². The predicted molar refractivity (Wildman–Crippen MR) is 155 cm³/mol. The van der Waals surface area contributed by atoms with Gasteiger partial charge in [0.25, 0.3) is 0 Å². The standard InChI is InChI=1S/C33H51NO3/c1-4-5-6-7-8-9-10-11-12-13-14-15-16-17-21-24-31(35)33-27(2)30(25-32(36)37)34(28(33)3)26-29-22-19-18-20-23-29/h18-20,22-23H,4-17,21,24-26H2,1-3H3,(H,36,37). The molecule has 1 aromatic carbocycles. The molecular formula is C33H51NO3. The van der Waals surface area contributed by atoms with Gasteiger partial charge in [-0.2, -0.15) is 0 Å². The fraction of sp³-hybridized carbons (Fsp3) is 0.636. The number of rotatable bonds is 21. The first kappa shape index (κ1) is 30.9. The van der Waals surface area contributed by atoms with Gasteiger partial charge in [0.05, 0.1) is 6.42 Å². The molecular weight excluding hydrogens is 458 g/mol. The number of hydrogen-bond donors (Lipinski definition) is 1. The minimum absolute atomic E-state index is 0.0637. The Labute approximate surface area is 225 Å². The average Bonchev–Trinajstić information content (AvgIpc) is 3.10. The van der Waals surface area contributed by atoms with Crippen LogP contribution >= 0.6 is 0 Å². The highest BCUT2D eigenvalue weighted by Crippen LogP contribution is 2.26. The third kappa shape index (κ3) is 11.3. The first-order valence-corrected chi connectivity index (χ1v) is 14.9. The number of carboxylic acids is 1. The molecule has 4 heteroatoms. The Morgan fingerprint density at radius 2 is 1.22 bits per heavy atom. The van der Waals surface area contributed by atoms with Gasteiger partial charge in [0.1, 0.15) is 0 Å². The molecule has 0 spiro atoms. The summed E-state index contributed by atoms with van der Waals surface area (Å²) in [5, 5.41) is 9.47. The van der Waals surface area contributed by atoms with Gasteiger partial charge in [0, 0.05) is 29.9 Å². The maximum Gasteiger partial charge on any atom is 0.309 e. The van der Waals surface area contributed by atoms with Gasteiger partial charge in [-0.05, 0) is 31.4 Å². The highest BCUT2D eigenvalue weighted by atomic mass is 16.4. The monoisotopic (exact) mass is 509 g/mol. The molecule has 0 radical (unpaired) electrons. The Bertz CT molecular complexity index is 929. The minimum atomic E-state index is -0.865. The van der Waals surface area contributed by atoms with E-state index < -0.39 is 5.97 Å². The molecule has 0 fully saturated rings. The van der Waals surface area contributed by atoms with Crippen molar-refractivity contribution in [2.45, 2.75) is 136 Å². The predicted octanol–water partition coefficient (Wildman–Crippen LogP) is 9.22. The first-order valence-electron chi connectivity index (χ1n) is 14.9. The summed E-state index contributed by atoms with van der Waals surface area (Å²) in [5.41, 5.74) is 4.31. The molecule has 4 nitrogen and oxygen atoms in total. The largest absolute Gasteiger partial charge is 0.481 e. The number of carbonyl (C=O) groups is 2. The lowest BCUT2D eigenvalue weighted by Gasteiger charge is -2.11. The van der Waals surface area contributed by atoms with E-state index in [1.54, 1.807) is 0 Å². The lowest BCUT2D eigenvalue weighted by Crippen LogP contribution is -2.11. The quantitative estimate of drug-likeness (QED) is 0.135. The summed E-state index contributed by atoms with van der Waals surface area (Å²) in [5.74, 6) is -0.709. The number of aliphatic carboxylic acids is 1. The summed E-state index contributed by atoms with van der Waals surface area (Å²) >= 11 is 0. The van der Waals surface area contributed by atoms with E-state index in [2.05, 4.69) is 6.92 Å². The molecule has 0 aliphatic heterocycles. The number of Topliss-reactive ketones (excluding diaryl/α,β-unsaturated/α-hetero) is 1. The second kappa shape index (κ2) is 18.0. The summed E-state index contributed by atoms with van der Waals surface area (Å²) in [7, 11) is 0. The van der Waals surface area contributed by atoms with Crippen LogP contribution in [0, 0.1) is 13.8 Å². The molecule has 37 heavy (non-hydrogen) atoms. The number of benzene rings is 1. The lowest BCUT2D eigenvalue weighted by molar-refractivity contribution is -0.136. The zero-order valence-electron chi connectivity index (χ0n) is 23.8. The maximum atomic E-state index is 13.2. The third-order valence-corrected chi connectivity index (χ3v) is 7.69. The Morgan fingerprint density at radius 1 is 0.730 bits per heavy atom. The van der Waals surface area contributed by atoms with Crippen molar-refractivity contribution in [1.82, 2.24) is 4.57 Å². The van der Waals surface area contributed by atoms with Crippen LogP contribution in [0.1, 0.15) is 143 Å². The van der Waals surface area contributed by atoms with Crippen molar-refractivity contribution in [3.63, 3.8) is 0 Å². The molecule has 206 valence electrons. The van der Waals surface area contributed by atoms with Gasteiger partial charge in [0.2, 0.25) is 0 Å². The summed E-state index contributed by atoms with van der Waals surface area (Å²) in [6, 6.07) is 10.0. The third-order valence-electron chi connectivity index (χ3n) is 7.69. The molecule has 1 N–H and O–H groups in total. The van der Waals surface area contributed by atoms with Crippen LogP contribution in [0.25, 0.3) is 0 Å². The molecule has 0 saturated heterocycles. The number of carbonyl (C=O) groups excluding carboxylic acids is 1. The van der Waals surface area contributed by atoms with Gasteiger partial charge < -0.3 is 9.67 Å². The van der Waals surface area contributed by atoms with E-state index in [0.29, 0.717) is 13.0 Å². The van der Waals surface area contributed by atoms with Crippen LogP contribution in [0.2, 0.25) is 0 Å². The molecule has 0 saturated carbocycles. The van der Waals surface area contributed by atoms with Crippen molar-refractivity contribution in [1.29, 1.82) is 0 Å². The number of ketones is 1. The minimum Gasteiger partial charge on any atom is -0.481 e. The molecule has 0 bridgehead atoms. The molecule has 1 heterocycles. The van der Waals surface area contributed by atoms with Gasteiger partial charge in [-0.1, -0.05) is 127 Å². The average molecular weight is 510 g/mol. The molecule has 0 atom stereocenters. The molecule has 2 rings (SSSR count). The van der Waals surface area contributed by atoms with Crippen molar-refractivity contribution < 1.29 is 14.7 Å². The second-order valence-electron chi connectivity index (χ2n) is 10.8. The van der Waals surface area contributed by atoms with E-state index in [9.17, 15) is 14.7 Å². The number of hydrogen-bond acceptors (Lipinski definition) is 2. The van der Waals surface area contributed by atoms with Crippen molar-refractivity contribution in [2.24, 2.45) is 0 Å². The second-order valence-corrected chi connectivity index (χ2v) is 10.8. The fourth-order valence-electron chi connectivity index (χ4n) is 5.50. The summed E-state index contributed by atoms with van der Waals surface area (Å²) in [4.78, 5) is 24.7. The van der Waals surface area contributed by atoms with Crippen LogP contribution < -0.4 is 0 Å². The van der Waals surface area contributed by atoms with Gasteiger partial charge in [-0.15, -0.1) is 0 Å². The molecule has 0 unspecified atom stereocenters. The highest BCUT2D eigenvalue weighted by Gasteiger charge is 2.23. The van der Waals surface area contributed by atoms with Crippen LogP contribution in [0.4, 0.5) is 0 Å². The zero-order chi connectivity index (χ0) is 26.9. The molecule has 0 aliphatic rings. The normalized spacial score (nSPS) is 11.2. The number of unbranched alkanes of at least 4 members (excludes halogenated alkanes) is 14. The van der Waals surface area contributed by atoms with Gasteiger partial charge >= 0.3 is 5.97 Å². The van der Waals surface area contributed by atoms with E-state index in [0.717, 1.165) is 40.9 Å². The molecule has 0 amide bonds. The topological polar surface area (TPSA) is 59.3 Å².